The lowest BCUT2D eigenvalue weighted by molar-refractivity contribution is 1.32. The predicted molar refractivity (Wildman–Crippen MR) is 205 cm³/mol. The lowest BCUT2D eigenvalue weighted by Gasteiger charge is -2.11. The third-order valence-corrected chi connectivity index (χ3v) is 9.53. The highest BCUT2D eigenvalue weighted by molar-refractivity contribution is 6.10. The maximum Gasteiger partial charge on any atom is 0.0970 e. The maximum absolute atomic E-state index is 5.12. The van der Waals surface area contributed by atoms with E-state index in [-0.39, 0.29) is 0 Å². The van der Waals surface area contributed by atoms with E-state index in [4.69, 9.17) is 15.0 Å². The first-order valence-corrected chi connectivity index (χ1v) is 16.7. The largest absolute Gasteiger partial charge is 0.254 e. The van der Waals surface area contributed by atoms with Crippen LogP contribution in [0.25, 0.3) is 99.4 Å². The van der Waals surface area contributed by atoms with Crippen LogP contribution in [0.4, 0.5) is 0 Å². The van der Waals surface area contributed by atoms with E-state index in [1.807, 2.05) is 54.9 Å². The molecule has 232 valence electrons. The summed E-state index contributed by atoms with van der Waals surface area (Å²) in [5.74, 6) is 0. The van der Waals surface area contributed by atoms with Gasteiger partial charge in [-0.3, -0.25) is 9.97 Å². The Morgan fingerprint density at radius 1 is 0.320 bits per heavy atom. The number of pyridine rings is 5. The minimum atomic E-state index is 0.860. The standard InChI is InChI=1S/C45H27N5/c1-2-8-38-29(5-1)18-21-40(48-38)41-22-19-32-14-16-34(27-43(32)50-41)33-15-13-31-17-20-39(49-42(31)26-33)30-11-9-28(10-12-30)37-25-35-6-3-23-46-44(35)45-36(37)7-4-24-47-45/h1-27H. The van der Waals surface area contributed by atoms with Gasteiger partial charge in [-0.15, -0.1) is 0 Å². The smallest absolute Gasteiger partial charge is 0.0970 e. The Morgan fingerprint density at radius 3 is 1.58 bits per heavy atom. The summed E-state index contributed by atoms with van der Waals surface area (Å²) < 4.78 is 0. The molecule has 0 unspecified atom stereocenters. The van der Waals surface area contributed by atoms with E-state index in [0.29, 0.717) is 0 Å². The van der Waals surface area contributed by atoms with Crippen molar-refractivity contribution < 1.29 is 0 Å². The quantitative estimate of drug-likeness (QED) is 0.180. The van der Waals surface area contributed by atoms with Gasteiger partial charge in [0.05, 0.1) is 44.7 Å². The Labute approximate surface area is 287 Å². The lowest BCUT2D eigenvalue weighted by Crippen LogP contribution is -1.90. The molecule has 5 aromatic heterocycles. The number of para-hydroxylation sites is 1. The van der Waals surface area contributed by atoms with Gasteiger partial charge in [0, 0.05) is 44.9 Å². The zero-order valence-corrected chi connectivity index (χ0v) is 26.8. The van der Waals surface area contributed by atoms with Crippen molar-refractivity contribution >= 4 is 54.5 Å². The first-order valence-electron chi connectivity index (χ1n) is 16.7. The van der Waals surface area contributed by atoms with Gasteiger partial charge in [0.1, 0.15) is 0 Å². The molecular weight excluding hydrogens is 611 g/mol. The van der Waals surface area contributed by atoms with Crippen molar-refractivity contribution in [3.8, 4) is 44.9 Å². The Bertz CT molecular complexity index is 2930. The van der Waals surface area contributed by atoms with Crippen LogP contribution in [0.3, 0.4) is 0 Å². The van der Waals surface area contributed by atoms with E-state index in [2.05, 4.69) is 119 Å². The fourth-order valence-corrected chi connectivity index (χ4v) is 6.94. The zero-order chi connectivity index (χ0) is 33.0. The molecule has 0 saturated heterocycles. The molecular formula is C45H27N5. The van der Waals surface area contributed by atoms with Crippen LogP contribution in [-0.4, -0.2) is 24.9 Å². The Hall–Kier alpha value is -6.85. The van der Waals surface area contributed by atoms with Crippen molar-refractivity contribution in [1.29, 1.82) is 0 Å². The van der Waals surface area contributed by atoms with E-state index >= 15 is 0 Å². The average molecular weight is 638 g/mol. The molecule has 0 aliphatic rings. The molecule has 0 fully saturated rings. The molecule has 0 aliphatic carbocycles. The second-order valence-corrected chi connectivity index (χ2v) is 12.6. The van der Waals surface area contributed by atoms with Crippen molar-refractivity contribution in [2.24, 2.45) is 0 Å². The molecule has 10 rings (SSSR count). The molecule has 10 aromatic rings. The fourth-order valence-electron chi connectivity index (χ4n) is 6.94. The van der Waals surface area contributed by atoms with Crippen LogP contribution < -0.4 is 0 Å². The van der Waals surface area contributed by atoms with E-state index in [1.165, 1.54) is 0 Å². The van der Waals surface area contributed by atoms with Crippen LogP contribution in [0.5, 0.6) is 0 Å². The van der Waals surface area contributed by atoms with Crippen LogP contribution >= 0.6 is 0 Å². The van der Waals surface area contributed by atoms with Gasteiger partial charge in [-0.1, -0.05) is 97.1 Å². The Morgan fingerprint density at radius 2 is 0.840 bits per heavy atom. The summed E-state index contributed by atoms with van der Waals surface area (Å²) in [4.78, 5) is 24.3. The molecule has 5 aromatic carbocycles. The van der Waals surface area contributed by atoms with Gasteiger partial charge in [0.25, 0.3) is 0 Å². The molecule has 0 atom stereocenters. The van der Waals surface area contributed by atoms with Gasteiger partial charge in [-0.25, -0.2) is 15.0 Å². The third kappa shape index (κ3) is 4.83. The number of rotatable bonds is 4. The van der Waals surface area contributed by atoms with Crippen molar-refractivity contribution in [1.82, 2.24) is 24.9 Å². The number of hydrogen-bond acceptors (Lipinski definition) is 5. The van der Waals surface area contributed by atoms with Crippen LogP contribution in [0.1, 0.15) is 0 Å². The second-order valence-electron chi connectivity index (χ2n) is 12.6. The summed E-state index contributed by atoms with van der Waals surface area (Å²) in [5.41, 5.74) is 12.9. The monoisotopic (exact) mass is 637 g/mol. The topological polar surface area (TPSA) is 64.5 Å². The van der Waals surface area contributed by atoms with Gasteiger partial charge in [-0.2, -0.15) is 0 Å². The van der Waals surface area contributed by atoms with Crippen molar-refractivity contribution in [3.05, 3.63) is 164 Å². The molecule has 0 bridgehead atoms. The molecule has 0 spiro atoms. The molecule has 0 aliphatic heterocycles. The number of fused-ring (bicyclic) bond motifs is 6. The second kappa shape index (κ2) is 11.4. The molecule has 5 heteroatoms. The number of nitrogens with zero attached hydrogens (tertiary/aromatic N) is 5. The van der Waals surface area contributed by atoms with Crippen LogP contribution in [0.15, 0.2) is 164 Å². The first kappa shape index (κ1) is 28.2. The number of hydrogen-bond donors (Lipinski definition) is 0. The normalized spacial score (nSPS) is 11.6. The number of benzene rings is 5. The minimum Gasteiger partial charge on any atom is -0.254 e. The molecule has 0 amide bonds. The van der Waals surface area contributed by atoms with Gasteiger partial charge in [0.15, 0.2) is 0 Å². The molecule has 0 saturated carbocycles. The SMILES string of the molecule is c1ccc2nc(-c3ccc4ccc(-c5ccc6ccc(-c7ccc(-c8cc9cccnc9c9ncccc89)cc7)nc6c5)cc4n3)ccc2c1. The Balaban J connectivity index is 0.986. The minimum absolute atomic E-state index is 0.860. The van der Waals surface area contributed by atoms with Gasteiger partial charge in [-0.05, 0) is 76.9 Å². The summed E-state index contributed by atoms with van der Waals surface area (Å²) in [6.45, 7) is 0. The predicted octanol–water partition coefficient (Wildman–Crippen LogP) is 11.1. The third-order valence-electron chi connectivity index (χ3n) is 9.53. The van der Waals surface area contributed by atoms with Crippen LogP contribution in [0.2, 0.25) is 0 Å². The van der Waals surface area contributed by atoms with Gasteiger partial charge < -0.3 is 0 Å². The highest BCUT2D eigenvalue weighted by Crippen LogP contribution is 2.35. The fraction of sp³-hybridized carbons (Fsp3) is 0. The summed E-state index contributed by atoms with van der Waals surface area (Å²) >= 11 is 0. The summed E-state index contributed by atoms with van der Waals surface area (Å²) in [7, 11) is 0. The molecule has 0 N–H and O–H groups in total. The number of aromatic nitrogens is 5. The highest BCUT2D eigenvalue weighted by atomic mass is 14.8. The van der Waals surface area contributed by atoms with E-state index in [9.17, 15) is 0 Å². The van der Waals surface area contributed by atoms with E-state index in [1.54, 1.807) is 0 Å². The van der Waals surface area contributed by atoms with Gasteiger partial charge in [0.2, 0.25) is 0 Å². The van der Waals surface area contributed by atoms with E-state index < -0.39 is 0 Å². The average Bonchev–Trinajstić information content (AvgIpc) is 3.19. The Kier molecular flexibility index (Phi) is 6.42. The molecule has 0 radical (unpaired) electrons. The highest BCUT2D eigenvalue weighted by Gasteiger charge is 2.12. The van der Waals surface area contributed by atoms with E-state index in [0.717, 1.165) is 99.4 Å². The zero-order valence-electron chi connectivity index (χ0n) is 26.8. The van der Waals surface area contributed by atoms with Crippen LogP contribution in [0, 0.1) is 0 Å². The van der Waals surface area contributed by atoms with Crippen molar-refractivity contribution in [3.63, 3.8) is 0 Å². The van der Waals surface area contributed by atoms with Gasteiger partial charge >= 0.3 is 0 Å². The van der Waals surface area contributed by atoms with Crippen molar-refractivity contribution in [2.45, 2.75) is 0 Å². The maximum atomic E-state index is 5.12. The molecule has 50 heavy (non-hydrogen) atoms. The first-order chi connectivity index (χ1) is 24.7. The summed E-state index contributed by atoms with van der Waals surface area (Å²) in [6.07, 6.45) is 3.65. The molecule has 5 heterocycles. The van der Waals surface area contributed by atoms with Crippen LogP contribution in [-0.2, 0) is 0 Å². The summed E-state index contributed by atoms with van der Waals surface area (Å²) in [5, 5.41) is 5.48. The molecule has 5 nitrogen and oxygen atoms in total. The van der Waals surface area contributed by atoms with Crippen molar-refractivity contribution in [2.75, 3.05) is 0 Å². The summed E-state index contributed by atoms with van der Waals surface area (Å²) in [6, 6.07) is 52.7. The lowest BCUT2D eigenvalue weighted by atomic mass is 9.96.